The molecule has 0 saturated carbocycles. The summed E-state index contributed by atoms with van der Waals surface area (Å²) in [5.41, 5.74) is 3.20. The van der Waals surface area contributed by atoms with Gasteiger partial charge in [0.1, 0.15) is 57.5 Å². The fourth-order valence-electron chi connectivity index (χ4n) is 7.26. The number of ketones is 1. The van der Waals surface area contributed by atoms with Crippen molar-refractivity contribution < 1.29 is 52.3 Å². The Labute approximate surface area is 463 Å². The van der Waals surface area contributed by atoms with Crippen LogP contribution in [0.25, 0.3) is 22.6 Å². The Bertz CT molecular complexity index is 3550. The molecule has 78 heavy (non-hydrogen) atoms. The summed E-state index contributed by atoms with van der Waals surface area (Å²) in [4.78, 5) is 36.7. The molecule has 16 heteroatoms. The Balaban J connectivity index is 0.000000204. The topological polar surface area (TPSA) is 222 Å². The van der Waals surface area contributed by atoms with Crippen molar-refractivity contribution in [2.24, 2.45) is 0 Å². The second-order valence-corrected chi connectivity index (χ2v) is 25.9. The van der Waals surface area contributed by atoms with E-state index in [1.54, 1.807) is 60.7 Å². The number of hydrogen-bond acceptors (Lipinski definition) is 15. The maximum absolute atomic E-state index is 12.6. The minimum absolute atomic E-state index is 0.00139. The lowest BCUT2D eigenvalue weighted by atomic mass is 9.86. The number of phenols is 3. The lowest BCUT2D eigenvalue weighted by Crippen LogP contribution is -2.14. The first kappa shape index (κ1) is 61.2. The Morgan fingerprint density at radius 3 is 1.54 bits per heavy atom. The molecule has 8 aromatic rings. The quantitative estimate of drug-likeness (QED) is 0.0635. The van der Waals surface area contributed by atoms with Crippen molar-refractivity contribution >= 4 is 37.2 Å². The monoisotopic (exact) mass is 1110 g/mol. The number of aryl methyl sites for hydroxylation is 1. The van der Waals surface area contributed by atoms with E-state index in [0.717, 1.165) is 61.3 Å². The van der Waals surface area contributed by atoms with Crippen molar-refractivity contribution in [2.45, 2.75) is 112 Å². The number of rotatable bonds is 10. The van der Waals surface area contributed by atoms with E-state index in [9.17, 15) is 48.3 Å². The average Bonchev–Trinajstić information content (AvgIpc) is 3.36. The van der Waals surface area contributed by atoms with Gasteiger partial charge in [0.05, 0.1) is 11.0 Å². The highest BCUT2D eigenvalue weighted by molar-refractivity contribution is 8.72. The van der Waals surface area contributed by atoms with Crippen LogP contribution in [0.2, 0.25) is 0 Å². The molecule has 0 radical (unpaired) electrons. The van der Waals surface area contributed by atoms with Gasteiger partial charge in [-0.15, -0.1) is 0 Å². The van der Waals surface area contributed by atoms with E-state index in [1.807, 2.05) is 130 Å². The highest BCUT2D eigenvalue weighted by atomic mass is 33.1. The van der Waals surface area contributed by atoms with E-state index in [2.05, 4.69) is 0 Å². The van der Waals surface area contributed by atoms with Gasteiger partial charge in [0.2, 0.25) is 8.87 Å². The molecule has 0 saturated heterocycles. The van der Waals surface area contributed by atoms with E-state index < -0.39 is 20.1 Å². The summed E-state index contributed by atoms with van der Waals surface area (Å²) in [5, 5.41) is 48.1. The molecule has 5 N–H and O–H groups in total. The molecule has 0 fully saturated rings. The van der Waals surface area contributed by atoms with E-state index in [0.29, 0.717) is 27.7 Å². The number of Topliss-reactive ketones (excluding diaryl/α,β-unsaturated/α-hetero) is 1. The van der Waals surface area contributed by atoms with Crippen LogP contribution in [0.1, 0.15) is 91.5 Å². The first-order chi connectivity index (χ1) is 36.4. The number of ether oxygens (including phenoxy) is 1. The van der Waals surface area contributed by atoms with E-state index >= 15 is 0 Å². The van der Waals surface area contributed by atoms with E-state index in [1.165, 1.54) is 37.3 Å². The van der Waals surface area contributed by atoms with Crippen LogP contribution >= 0.6 is 22.6 Å². The molecule has 6 aromatic carbocycles. The van der Waals surface area contributed by atoms with Crippen molar-refractivity contribution in [1.29, 1.82) is 0 Å². The molecule has 0 unspecified atom stereocenters. The second kappa shape index (κ2) is 26.1. The third-order valence-corrected chi connectivity index (χ3v) is 15.8. The lowest BCUT2D eigenvalue weighted by molar-refractivity contribution is -0.118. The number of carbonyl (C=O) groups excluding carboxylic acids is 1. The zero-order valence-corrected chi connectivity index (χ0v) is 47.9. The highest BCUT2D eigenvalue weighted by Crippen LogP contribution is 2.42. The van der Waals surface area contributed by atoms with Gasteiger partial charge in [-0.25, -0.2) is 18.0 Å². The molecular weight excluding hydrogens is 1050 g/mol. The number of hydrogen-bond donors (Lipinski definition) is 5. The van der Waals surface area contributed by atoms with Crippen LogP contribution in [0.3, 0.4) is 0 Å². The minimum atomic E-state index is -3.49. The number of benzene rings is 6. The van der Waals surface area contributed by atoms with Crippen LogP contribution in [-0.4, -0.2) is 46.3 Å². The number of carbonyl (C=O) groups is 1. The van der Waals surface area contributed by atoms with Crippen LogP contribution in [0.4, 0.5) is 0 Å². The van der Waals surface area contributed by atoms with Crippen LogP contribution < -0.4 is 16.0 Å². The Morgan fingerprint density at radius 2 is 1.04 bits per heavy atom. The molecule has 0 aliphatic heterocycles. The number of phenolic OH excluding ortho intramolecular Hbond substituents is 3. The third-order valence-electron chi connectivity index (χ3n) is 11.2. The summed E-state index contributed by atoms with van der Waals surface area (Å²) in [6.07, 6.45) is 0. The Morgan fingerprint density at radius 1 is 0.538 bits per heavy atom. The maximum atomic E-state index is 12.6. The van der Waals surface area contributed by atoms with Crippen molar-refractivity contribution in [2.75, 3.05) is 6.61 Å². The van der Waals surface area contributed by atoms with Gasteiger partial charge in [-0.1, -0.05) is 152 Å². The third kappa shape index (κ3) is 18.0. The van der Waals surface area contributed by atoms with Crippen LogP contribution in [-0.2, 0) is 29.9 Å². The first-order valence-corrected chi connectivity index (χ1v) is 28.2. The van der Waals surface area contributed by atoms with Crippen molar-refractivity contribution in [3.05, 3.63) is 201 Å². The maximum Gasteiger partial charge on any atom is 0.354 e. The molecule has 2 aromatic heterocycles. The highest BCUT2D eigenvalue weighted by Gasteiger charge is 2.26. The summed E-state index contributed by atoms with van der Waals surface area (Å²) in [6.45, 7) is 21.5. The minimum Gasteiger partial charge on any atom is -0.508 e. The Kier molecular flexibility index (Phi) is 20.5. The molecular formula is C62H66O13S3. The van der Waals surface area contributed by atoms with Crippen LogP contribution in [0.15, 0.2) is 196 Å². The molecule has 13 nitrogen and oxygen atoms in total. The van der Waals surface area contributed by atoms with Gasteiger partial charge in [-0.3, -0.25) is 4.79 Å². The van der Waals surface area contributed by atoms with Gasteiger partial charge in [0.15, 0.2) is 5.78 Å². The van der Waals surface area contributed by atoms with Gasteiger partial charge >= 0.3 is 11.3 Å². The zero-order chi connectivity index (χ0) is 57.8. The fourth-order valence-corrected chi connectivity index (χ4v) is 11.5. The summed E-state index contributed by atoms with van der Waals surface area (Å²) < 4.78 is 41.1. The van der Waals surface area contributed by atoms with Gasteiger partial charge in [-0.2, -0.15) is 0 Å². The normalized spacial score (nSPS) is 11.4. The molecule has 8 rings (SSSR count). The van der Waals surface area contributed by atoms with Gasteiger partial charge in [0.25, 0.3) is 0 Å². The van der Waals surface area contributed by atoms with Crippen molar-refractivity contribution in [3.63, 3.8) is 0 Å². The predicted octanol–water partition coefficient (Wildman–Crippen LogP) is 14.3. The van der Waals surface area contributed by atoms with Gasteiger partial charge < -0.3 is 39.1 Å². The molecule has 2 heterocycles. The summed E-state index contributed by atoms with van der Waals surface area (Å²) in [7, 11) is -2.66. The largest absolute Gasteiger partial charge is 0.508 e. The van der Waals surface area contributed by atoms with E-state index in [4.69, 9.17) is 13.6 Å². The SMILES string of the molecule is CC(=O)COc1ccc(Sc2c(O)cc(-c3ccccc3)oc2=O)c(C(C)(C)C)c1.CC(C)(C)c1cc(O)ccc1O.Cc1ccc(S(=O)(=O)Sc2ccc(O)cc2C(C)(C)C)cc1.O=c1cc(O)cc(-c2ccccc2)o1. The molecule has 0 atom stereocenters. The zero-order valence-electron chi connectivity index (χ0n) is 45.4. The van der Waals surface area contributed by atoms with E-state index in [-0.39, 0.29) is 67.2 Å². The summed E-state index contributed by atoms with van der Waals surface area (Å²) in [5.74, 6) is 1.55. The average molecular weight is 1120 g/mol. The van der Waals surface area contributed by atoms with Gasteiger partial charge in [-0.05, 0) is 108 Å². The fraction of sp³-hybridized carbons (Fsp3) is 0.242. The van der Waals surface area contributed by atoms with Crippen LogP contribution in [0.5, 0.6) is 34.5 Å². The van der Waals surface area contributed by atoms with Crippen LogP contribution in [0, 0.1) is 6.92 Å². The smallest absolute Gasteiger partial charge is 0.354 e. The molecule has 0 aliphatic carbocycles. The molecule has 0 amide bonds. The molecule has 0 aliphatic rings. The summed E-state index contributed by atoms with van der Waals surface area (Å²) >= 11 is 1.15. The molecule has 0 spiro atoms. The predicted molar refractivity (Wildman–Crippen MR) is 309 cm³/mol. The molecule has 0 bridgehead atoms. The Hall–Kier alpha value is -7.66. The standard InChI is InChI=1S/C24H24O5S.C17H20O3S2.C11H8O3.C10H14O2/c1-15(25)14-28-17-10-11-21(18(12-17)24(2,3)4)30-22-19(26)13-20(29-23(22)27)16-8-6-5-7-9-16;1-12-5-8-14(9-6-12)22(19,20)21-16-10-7-13(18)11-15(16)17(2,3)4;12-9-6-10(14-11(13)7-9)8-4-2-1-3-5-8;1-10(2,3)8-6-7(11)4-5-9(8)12/h5-13,26H,14H2,1-4H3;5-11,18H,1-4H3;1-7,12H;4-6,11-12H,1-3H3. The molecule has 410 valence electrons. The first-order valence-electron chi connectivity index (χ1n) is 24.5. The van der Waals surface area contributed by atoms with Crippen molar-refractivity contribution in [3.8, 4) is 57.1 Å². The van der Waals surface area contributed by atoms with Crippen molar-refractivity contribution in [1.82, 2.24) is 0 Å². The lowest BCUT2D eigenvalue weighted by Gasteiger charge is -2.23. The number of aromatic hydroxyl groups is 5. The second-order valence-electron chi connectivity index (χ2n) is 21.1. The summed E-state index contributed by atoms with van der Waals surface area (Å²) in [6, 6.07) is 43.8. The van der Waals surface area contributed by atoms with Gasteiger partial charge in [0, 0.05) is 49.4 Å².